The van der Waals surface area contributed by atoms with Gasteiger partial charge in [-0.05, 0) is 26.7 Å². The highest BCUT2D eigenvalue weighted by molar-refractivity contribution is 7.15. The quantitative estimate of drug-likeness (QED) is 0.906. The molecule has 0 aliphatic heterocycles. The minimum atomic E-state index is -0.538. The molecule has 1 saturated carbocycles. The summed E-state index contributed by atoms with van der Waals surface area (Å²) in [5, 5.41) is 10.4. The molecule has 0 unspecified atom stereocenters. The van der Waals surface area contributed by atoms with Crippen LogP contribution in [0.1, 0.15) is 48.0 Å². The van der Waals surface area contributed by atoms with Crippen molar-refractivity contribution in [2.75, 3.05) is 5.32 Å². The number of carbonyl (C=O) groups is 1. The number of aromatic nitrogens is 3. The van der Waals surface area contributed by atoms with Gasteiger partial charge in [0.25, 0.3) is 0 Å². The van der Waals surface area contributed by atoms with Gasteiger partial charge in [-0.25, -0.2) is 9.78 Å². The fraction of sp³-hybridized carbons (Fsp3) is 0.571. The van der Waals surface area contributed by atoms with E-state index in [4.69, 9.17) is 4.52 Å². The lowest BCUT2D eigenvalue weighted by Crippen LogP contribution is -2.46. The molecule has 22 heavy (non-hydrogen) atoms. The van der Waals surface area contributed by atoms with Crippen molar-refractivity contribution in [3.8, 4) is 0 Å². The van der Waals surface area contributed by atoms with E-state index in [1.165, 1.54) is 11.3 Å². The molecular formula is C14H19N5O2S. The van der Waals surface area contributed by atoms with E-state index in [1.807, 2.05) is 13.8 Å². The summed E-state index contributed by atoms with van der Waals surface area (Å²) in [6, 6.07) is -0.280. The topological polar surface area (TPSA) is 92.9 Å². The molecule has 2 heterocycles. The molecule has 8 heteroatoms. The summed E-state index contributed by atoms with van der Waals surface area (Å²) in [6.07, 6.45) is 3.69. The van der Waals surface area contributed by atoms with E-state index in [1.54, 1.807) is 6.92 Å². The van der Waals surface area contributed by atoms with Crippen LogP contribution in [-0.2, 0) is 5.54 Å². The largest absolute Gasteiger partial charge is 0.340 e. The van der Waals surface area contributed by atoms with Crippen LogP contribution in [0.3, 0.4) is 0 Å². The first-order valence-electron chi connectivity index (χ1n) is 7.32. The number of aryl methyl sites for hydroxylation is 3. The van der Waals surface area contributed by atoms with Gasteiger partial charge in [0, 0.05) is 11.8 Å². The fourth-order valence-corrected chi connectivity index (χ4v) is 3.56. The molecule has 2 aromatic rings. The Kier molecular flexibility index (Phi) is 3.86. The predicted octanol–water partition coefficient (Wildman–Crippen LogP) is 3.04. The Morgan fingerprint density at radius 2 is 1.95 bits per heavy atom. The molecule has 1 fully saturated rings. The second-order valence-electron chi connectivity index (χ2n) is 5.67. The maximum atomic E-state index is 12.3. The van der Waals surface area contributed by atoms with Crippen molar-refractivity contribution in [2.24, 2.45) is 0 Å². The van der Waals surface area contributed by atoms with Gasteiger partial charge in [-0.15, -0.1) is 11.3 Å². The third-order valence-electron chi connectivity index (χ3n) is 4.01. The van der Waals surface area contributed by atoms with Crippen LogP contribution in [0.15, 0.2) is 4.52 Å². The van der Waals surface area contributed by atoms with Crippen molar-refractivity contribution in [3.63, 3.8) is 0 Å². The number of nitrogens with one attached hydrogen (secondary N) is 2. The Morgan fingerprint density at radius 1 is 1.23 bits per heavy atom. The first-order valence-corrected chi connectivity index (χ1v) is 8.14. The molecule has 2 aromatic heterocycles. The van der Waals surface area contributed by atoms with E-state index in [0.717, 1.165) is 36.3 Å². The minimum absolute atomic E-state index is 0.280. The Morgan fingerprint density at radius 3 is 2.50 bits per heavy atom. The molecule has 0 atom stereocenters. The summed E-state index contributed by atoms with van der Waals surface area (Å²) in [5.41, 5.74) is 0.396. The lowest BCUT2D eigenvalue weighted by molar-refractivity contribution is 0.232. The predicted molar refractivity (Wildman–Crippen MR) is 82.9 cm³/mol. The maximum Gasteiger partial charge on any atom is 0.321 e. The first kappa shape index (κ1) is 15.0. The maximum absolute atomic E-state index is 12.3. The van der Waals surface area contributed by atoms with Crippen LogP contribution in [0.25, 0.3) is 0 Å². The number of anilines is 1. The Bertz CT molecular complexity index is 668. The number of urea groups is 1. The number of hydrogen-bond acceptors (Lipinski definition) is 6. The molecule has 0 spiro atoms. The number of amides is 2. The van der Waals surface area contributed by atoms with Crippen molar-refractivity contribution in [1.29, 1.82) is 0 Å². The Labute approximate surface area is 132 Å². The second-order valence-corrected chi connectivity index (χ2v) is 6.87. The number of nitrogens with zero attached hydrogens (tertiary/aromatic N) is 3. The molecule has 0 bridgehead atoms. The second kappa shape index (κ2) is 5.68. The van der Waals surface area contributed by atoms with Gasteiger partial charge < -0.3 is 9.84 Å². The lowest BCUT2D eigenvalue weighted by atomic mass is 9.97. The van der Waals surface area contributed by atoms with Gasteiger partial charge in [-0.1, -0.05) is 18.0 Å². The lowest BCUT2D eigenvalue weighted by Gasteiger charge is -2.26. The molecule has 7 nitrogen and oxygen atoms in total. The number of thiazole rings is 1. The summed E-state index contributed by atoms with van der Waals surface area (Å²) in [5.74, 6) is 1.07. The fourth-order valence-electron chi connectivity index (χ4n) is 2.75. The third kappa shape index (κ3) is 2.83. The molecule has 2 N–H and O–H groups in total. The van der Waals surface area contributed by atoms with E-state index in [9.17, 15) is 4.79 Å². The summed E-state index contributed by atoms with van der Waals surface area (Å²) in [4.78, 5) is 22.1. The average molecular weight is 321 g/mol. The van der Waals surface area contributed by atoms with E-state index >= 15 is 0 Å². The average Bonchev–Trinajstić information content (AvgIpc) is 3.13. The van der Waals surface area contributed by atoms with Crippen molar-refractivity contribution in [2.45, 2.75) is 52.0 Å². The van der Waals surface area contributed by atoms with Crippen molar-refractivity contribution >= 4 is 22.5 Å². The van der Waals surface area contributed by atoms with E-state index in [2.05, 4.69) is 25.8 Å². The van der Waals surface area contributed by atoms with Gasteiger partial charge in [-0.3, -0.25) is 5.32 Å². The molecule has 3 rings (SSSR count). The number of hydrogen-bond donors (Lipinski definition) is 2. The highest BCUT2D eigenvalue weighted by Crippen LogP contribution is 2.37. The Hall–Kier alpha value is -1.96. The van der Waals surface area contributed by atoms with Gasteiger partial charge in [0.1, 0.15) is 5.54 Å². The van der Waals surface area contributed by atoms with Crippen LogP contribution >= 0.6 is 11.3 Å². The number of carbonyl (C=O) groups excluding carboxylic acids is 1. The summed E-state index contributed by atoms with van der Waals surface area (Å²) in [7, 11) is 0. The zero-order chi connectivity index (χ0) is 15.7. The highest BCUT2D eigenvalue weighted by atomic mass is 32.1. The number of rotatable bonds is 3. The van der Waals surface area contributed by atoms with Gasteiger partial charge in [0.15, 0.2) is 11.0 Å². The standard InChI is InChI=1S/C14H19N5O2S/c1-8-9(2)22-13(15-8)17-12(20)18-14(6-4-5-7-14)11-16-10(3)21-19-11/h4-7H2,1-3H3,(H2,15,17,18,20). The van der Waals surface area contributed by atoms with Crippen molar-refractivity contribution < 1.29 is 9.32 Å². The van der Waals surface area contributed by atoms with Gasteiger partial charge in [0.2, 0.25) is 5.89 Å². The molecule has 0 saturated heterocycles. The SMILES string of the molecule is Cc1nc(C2(NC(=O)Nc3nc(C)c(C)s3)CCCC2)no1. The summed E-state index contributed by atoms with van der Waals surface area (Å²) < 4.78 is 5.08. The van der Waals surface area contributed by atoms with Gasteiger partial charge in [0.05, 0.1) is 5.69 Å². The van der Waals surface area contributed by atoms with Crippen LogP contribution in [-0.4, -0.2) is 21.2 Å². The molecule has 0 radical (unpaired) electrons. The summed E-state index contributed by atoms with van der Waals surface area (Å²) in [6.45, 7) is 5.66. The zero-order valence-corrected chi connectivity index (χ0v) is 13.7. The van der Waals surface area contributed by atoms with Crippen LogP contribution in [0.5, 0.6) is 0 Å². The monoisotopic (exact) mass is 321 g/mol. The molecule has 2 amide bonds. The molecule has 0 aromatic carbocycles. The normalized spacial score (nSPS) is 16.7. The van der Waals surface area contributed by atoms with Crippen molar-refractivity contribution in [3.05, 3.63) is 22.3 Å². The van der Waals surface area contributed by atoms with Gasteiger partial charge >= 0.3 is 6.03 Å². The van der Waals surface area contributed by atoms with Crippen LogP contribution in [0, 0.1) is 20.8 Å². The smallest absolute Gasteiger partial charge is 0.321 e. The van der Waals surface area contributed by atoms with Crippen LogP contribution in [0.4, 0.5) is 9.93 Å². The molecule has 1 aliphatic carbocycles. The van der Waals surface area contributed by atoms with Gasteiger partial charge in [-0.2, -0.15) is 4.98 Å². The van der Waals surface area contributed by atoms with E-state index < -0.39 is 5.54 Å². The van der Waals surface area contributed by atoms with E-state index in [0.29, 0.717) is 16.8 Å². The minimum Gasteiger partial charge on any atom is -0.340 e. The first-order chi connectivity index (χ1) is 10.5. The van der Waals surface area contributed by atoms with Crippen molar-refractivity contribution in [1.82, 2.24) is 20.4 Å². The van der Waals surface area contributed by atoms with Crippen LogP contribution < -0.4 is 10.6 Å². The van der Waals surface area contributed by atoms with E-state index in [-0.39, 0.29) is 6.03 Å². The zero-order valence-electron chi connectivity index (χ0n) is 12.9. The Balaban J connectivity index is 1.75. The highest BCUT2D eigenvalue weighted by Gasteiger charge is 2.41. The third-order valence-corrected chi connectivity index (χ3v) is 5.00. The molecular weight excluding hydrogens is 302 g/mol. The molecule has 1 aliphatic rings. The summed E-state index contributed by atoms with van der Waals surface area (Å²) >= 11 is 1.47. The molecule has 118 valence electrons. The van der Waals surface area contributed by atoms with Crippen LogP contribution in [0.2, 0.25) is 0 Å².